The highest BCUT2D eigenvalue weighted by atomic mass is 32.2. The number of aromatic nitrogens is 1. The summed E-state index contributed by atoms with van der Waals surface area (Å²) >= 11 is 0. The van der Waals surface area contributed by atoms with E-state index in [1.54, 1.807) is 45.0 Å². The zero-order valence-corrected chi connectivity index (χ0v) is 17.1. The van der Waals surface area contributed by atoms with Gasteiger partial charge in [0.15, 0.2) is 0 Å². The van der Waals surface area contributed by atoms with Crippen LogP contribution in [0.25, 0.3) is 10.9 Å². The summed E-state index contributed by atoms with van der Waals surface area (Å²) in [5.41, 5.74) is 9.25. The molecule has 0 saturated carbocycles. The van der Waals surface area contributed by atoms with E-state index in [-0.39, 0.29) is 4.90 Å². The van der Waals surface area contributed by atoms with Gasteiger partial charge in [-0.2, -0.15) is 0 Å². The minimum Gasteiger partial charge on any atom is -0.480 e. The topological polar surface area (TPSA) is 102 Å². The van der Waals surface area contributed by atoms with Gasteiger partial charge in [-0.15, -0.1) is 0 Å². The van der Waals surface area contributed by atoms with Crippen LogP contribution in [0.3, 0.4) is 0 Å². The molecule has 1 aromatic heterocycles. The molecule has 0 aliphatic heterocycles. The molecule has 6 nitrogen and oxygen atoms in total. The summed E-state index contributed by atoms with van der Waals surface area (Å²) in [5, 5.41) is 9.96. The highest BCUT2D eigenvalue weighted by Gasteiger charge is 2.29. The first-order valence-electron chi connectivity index (χ1n) is 8.97. The molecule has 0 aliphatic rings. The average molecular weight is 401 g/mol. The number of fused-ring (bicyclic) bond motifs is 1. The second-order valence-corrected chi connectivity index (χ2v) is 9.03. The predicted octanol–water partition coefficient (Wildman–Crippen LogP) is 3.32. The Labute approximate surface area is 164 Å². The van der Waals surface area contributed by atoms with Gasteiger partial charge in [-0.3, -0.25) is 4.79 Å². The molecular formula is C21H24N2O4S. The van der Waals surface area contributed by atoms with E-state index >= 15 is 0 Å². The van der Waals surface area contributed by atoms with Gasteiger partial charge in [0.25, 0.3) is 10.0 Å². The minimum absolute atomic E-state index is 0.264. The van der Waals surface area contributed by atoms with Crippen molar-refractivity contribution in [3.63, 3.8) is 0 Å². The second-order valence-electron chi connectivity index (χ2n) is 7.28. The van der Waals surface area contributed by atoms with Crippen molar-refractivity contribution in [2.24, 2.45) is 5.73 Å². The Morgan fingerprint density at radius 1 is 1.11 bits per heavy atom. The fraction of sp³-hybridized carbons (Fsp3) is 0.286. The number of para-hydroxylation sites is 1. The fourth-order valence-electron chi connectivity index (χ4n) is 3.82. The SMILES string of the molecule is Cc1cc(C)c(S(=O)(=O)n2cc(C(C)C(N)C(=O)O)c3ccccc32)c(C)c1. The first kappa shape index (κ1) is 20.1. The van der Waals surface area contributed by atoms with E-state index in [4.69, 9.17) is 5.73 Å². The van der Waals surface area contributed by atoms with Crippen molar-refractivity contribution in [1.82, 2.24) is 3.97 Å². The molecular weight excluding hydrogens is 376 g/mol. The number of benzene rings is 2. The van der Waals surface area contributed by atoms with E-state index in [1.165, 1.54) is 10.2 Å². The van der Waals surface area contributed by atoms with Crippen LogP contribution in [-0.4, -0.2) is 29.5 Å². The van der Waals surface area contributed by atoms with Crippen LogP contribution in [0.5, 0.6) is 0 Å². The van der Waals surface area contributed by atoms with Crippen LogP contribution in [0.1, 0.15) is 35.1 Å². The molecule has 3 aromatic rings. The molecule has 2 atom stereocenters. The summed E-state index contributed by atoms with van der Waals surface area (Å²) in [7, 11) is -3.87. The monoisotopic (exact) mass is 400 g/mol. The number of carboxylic acids is 1. The zero-order valence-electron chi connectivity index (χ0n) is 16.3. The van der Waals surface area contributed by atoms with Gasteiger partial charge in [-0.1, -0.05) is 42.8 Å². The number of nitrogens with zero attached hydrogens (tertiary/aromatic N) is 1. The first-order valence-corrected chi connectivity index (χ1v) is 10.4. The van der Waals surface area contributed by atoms with Gasteiger partial charge in [0.2, 0.25) is 0 Å². The number of carbonyl (C=O) groups is 1. The molecule has 28 heavy (non-hydrogen) atoms. The number of nitrogens with two attached hydrogens (primary N) is 1. The van der Waals surface area contributed by atoms with Gasteiger partial charge < -0.3 is 10.8 Å². The maximum atomic E-state index is 13.6. The molecule has 0 spiro atoms. The van der Waals surface area contributed by atoms with Crippen molar-refractivity contribution in [2.75, 3.05) is 0 Å². The van der Waals surface area contributed by atoms with E-state index in [0.717, 1.165) is 5.56 Å². The third-order valence-corrected chi connectivity index (χ3v) is 7.12. The molecule has 3 N–H and O–H groups in total. The van der Waals surface area contributed by atoms with Gasteiger partial charge >= 0.3 is 5.97 Å². The van der Waals surface area contributed by atoms with E-state index in [0.29, 0.717) is 27.6 Å². The molecule has 148 valence electrons. The van der Waals surface area contributed by atoms with Gasteiger partial charge in [0.05, 0.1) is 10.4 Å². The fourth-order valence-corrected chi connectivity index (χ4v) is 5.62. The quantitative estimate of drug-likeness (QED) is 0.684. The van der Waals surface area contributed by atoms with Crippen molar-refractivity contribution < 1.29 is 18.3 Å². The zero-order chi connectivity index (χ0) is 20.8. The number of carboxylic acid groups (broad SMARTS) is 1. The van der Waals surface area contributed by atoms with E-state index in [2.05, 4.69) is 0 Å². The maximum absolute atomic E-state index is 13.6. The normalized spacial score (nSPS) is 14.2. The van der Waals surface area contributed by atoms with Crippen LogP contribution >= 0.6 is 0 Å². The molecule has 1 heterocycles. The van der Waals surface area contributed by atoms with Gasteiger partial charge in [0.1, 0.15) is 6.04 Å². The second kappa shape index (κ2) is 7.07. The molecule has 3 rings (SSSR count). The van der Waals surface area contributed by atoms with E-state index in [9.17, 15) is 18.3 Å². The van der Waals surface area contributed by atoms with Crippen LogP contribution in [0.2, 0.25) is 0 Å². The lowest BCUT2D eigenvalue weighted by molar-refractivity contribution is -0.138. The van der Waals surface area contributed by atoms with Crippen LogP contribution in [0.15, 0.2) is 47.5 Å². The van der Waals surface area contributed by atoms with Crippen molar-refractivity contribution >= 4 is 26.9 Å². The third-order valence-electron chi connectivity index (χ3n) is 5.14. The summed E-state index contributed by atoms with van der Waals surface area (Å²) in [5.74, 6) is -1.68. The number of rotatable bonds is 5. The molecule has 2 unspecified atom stereocenters. The Morgan fingerprint density at radius 2 is 1.68 bits per heavy atom. The number of hydrogen-bond donors (Lipinski definition) is 2. The molecule has 0 radical (unpaired) electrons. The largest absolute Gasteiger partial charge is 0.480 e. The Bertz CT molecular complexity index is 1160. The van der Waals surface area contributed by atoms with Crippen molar-refractivity contribution in [3.05, 3.63) is 64.8 Å². The lowest BCUT2D eigenvalue weighted by atomic mass is 9.93. The van der Waals surface area contributed by atoms with Crippen LogP contribution in [0, 0.1) is 20.8 Å². The van der Waals surface area contributed by atoms with Gasteiger partial charge in [-0.05, 0) is 43.5 Å². The van der Waals surface area contributed by atoms with Crippen molar-refractivity contribution in [3.8, 4) is 0 Å². The molecule has 0 aliphatic carbocycles. The summed E-state index contributed by atoms with van der Waals surface area (Å²) in [4.78, 5) is 11.6. The molecule has 2 aromatic carbocycles. The molecule has 0 amide bonds. The summed E-state index contributed by atoms with van der Waals surface area (Å²) in [6.07, 6.45) is 1.51. The minimum atomic E-state index is -3.87. The van der Waals surface area contributed by atoms with Crippen molar-refractivity contribution in [2.45, 2.75) is 44.6 Å². The average Bonchev–Trinajstić information content (AvgIpc) is 2.99. The maximum Gasteiger partial charge on any atom is 0.321 e. The van der Waals surface area contributed by atoms with Gasteiger partial charge in [-0.25, -0.2) is 12.4 Å². The number of aliphatic carboxylic acids is 1. The molecule has 7 heteroatoms. The Hall–Kier alpha value is -2.64. The van der Waals surface area contributed by atoms with E-state index in [1.807, 2.05) is 19.1 Å². The highest BCUT2D eigenvalue weighted by Crippen LogP contribution is 2.33. The van der Waals surface area contributed by atoms with Crippen LogP contribution in [-0.2, 0) is 14.8 Å². The predicted molar refractivity (Wildman–Crippen MR) is 109 cm³/mol. The molecule has 0 bridgehead atoms. The Balaban J connectivity index is 2.29. The van der Waals surface area contributed by atoms with E-state index < -0.39 is 28.0 Å². The standard InChI is InChI=1S/C21H24N2O4S/c1-12-9-13(2)20(14(3)10-12)28(26,27)23-11-17(15(4)19(22)21(24)25)16-7-5-6-8-18(16)23/h5-11,15,19H,22H2,1-4H3,(H,24,25). The number of hydrogen-bond acceptors (Lipinski definition) is 4. The lowest BCUT2D eigenvalue weighted by Crippen LogP contribution is -2.35. The van der Waals surface area contributed by atoms with Crippen molar-refractivity contribution in [1.29, 1.82) is 0 Å². The third kappa shape index (κ3) is 3.21. The molecule has 0 saturated heterocycles. The smallest absolute Gasteiger partial charge is 0.321 e. The van der Waals surface area contributed by atoms with Gasteiger partial charge in [0, 0.05) is 17.5 Å². The first-order chi connectivity index (χ1) is 13.1. The summed E-state index contributed by atoms with van der Waals surface area (Å²) in [6, 6.07) is 9.61. The Morgan fingerprint density at radius 3 is 2.25 bits per heavy atom. The highest BCUT2D eigenvalue weighted by molar-refractivity contribution is 7.90. The van der Waals surface area contributed by atoms with Crippen LogP contribution in [0.4, 0.5) is 0 Å². The number of aryl methyl sites for hydroxylation is 3. The molecule has 0 fully saturated rings. The summed E-state index contributed by atoms with van der Waals surface area (Å²) < 4.78 is 28.4. The summed E-state index contributed by atoms with van der Waals surface area (Å²) in [6.45, 7) is 7.18. The van der Waals surface area contributed by atoms with Crippen LogP contribution < -0.4 is 5.73 Å². The Kier molecular flexibility index (Phi) is 5.08. The lowest BCUT2D eigenvalue weighted by Gasteiger charge is -2.15.